The summed E-state index contributed by atoms with van der Waals surface area (Å²) in [6.45, 7) is 0.149. The van der Waals surface area contributed by atoms with E-state index in [4.69, 9.17) is 5.11 Å². The molecule has 0 saturated carbocycles. The summed E-state index contributed by atoms with van der Waals surface area (Å²) in [6, 6.07) is 9.93. The van der Waals surface area contributed by atoms with E-state index in [2.05, 4.69) is 9.97 Å². The highest BCUT2D eigenvalue weighted by molar-refractivity contribution is 5.54. The fourth-order valence-corrected chi connectivity index (χ4v) is 1.35. The number of hydrogen-bond acceptors (Lipinski definition) is 2. The zero-order valence-corrected chi connectivity index (χ0v) is 7.77. The van der Waals surface area contributed by atoms with Crippen LogP contribution in [0, 0.1) is 0 Å². The second-order valence-electron chi connectivity index (χ2n) is 3.10. The monoisotopic (exact) mass is 188 g/mol. The lowest BCUT2D eigenvalue weighted by atomic mass is 10.2. The van der Waals surface area contributed by atoms with E-state index in [0.717, 1.165) is 17.1 Å². The molecule has 0 fully saturated rings. The molecule has 0 aliphatic carbocycles. The zero-order chi connectivity index (χ0) is 9.80. The molecule has 0 radical (unpaired) electrons. The molecule has 0 atom stereocenters. The molecule has 1 heterocycles. The Morgan fingerprint density at radius 1 is 1.21 bits per heavy atom. The van der Waals surface area contributed by atoms with Gasteiger partial charge in [0.05, 0.1) is 0 Å². The molecule has 2 N–H and O–H groups in total. The topological polar surface area (TPSA) is 48.9 Å². The Labute approximate surface area is 82.4 Å². The third kappa shape index (κ3) is 1.83. The summed E-state index contributed by atoms with van der Waals surface area (Å²) in [7, 11) is 0. The summed E-state index contributed by atoms with van der Waals surface area (Å²) in [6.07, 6.45) is 2.39. The van der Waals surface area contributed by atoms with Gasteiger partial charge in [0, 0.05) is 30.5 Å². The van der Waals surface area contributed by atoms with E-state index in [1.54, 1.807) is 6.20 Å². The summed E-state index contributed by atoms with van der Waals surface area (Å²) in [4.78, 5) is 7.40. The van der Waals surface area contributed by atoms with Gasteiger partial charge < -0.3 is 10.1 Å². The zero-order valence-electron chi connectivity index (χ0n) is 7.77. The molecular formula is C11H12N2O. The number of nitrogens with one attached hydrogen (secondary N) is 1. The first-order chi connectivity index (χ1) is 6.90. The van der Waals surface area contributed by atoms with Crippen molar-refractivity contribution in [3.05, 3.63) is 42.2 Å². The molecule has 14 heavy (non-hydrogen) atoms. The smallest absolute Gasteiger partial charge is 0.137 e. The highest BCUT2D eigenvalue weighted by atomic mass is 16.3. The van der Waals surface area contributed by atoms with Gasteiger partial charge in [-0.25, -0.2) is 4.98 Å². The fourth-order valence-electron chi connectivity index (χ4n) is 1.35. The molecule has 0 bridgehead atoms. The number of hydrogen-bond donors (Lipinski definition) is 2. The van der Waals surface area contributed by atoms with Gasteiger partial charge in [-0.3, -0.25) is 0 Å². The number of aliphatic hydroxyl groups is 1. The number of rotatable bonds is 3. The van der Waals surface area contributed by atoms with E-state index >= 15 is 0 Å². The summed E-state index contributed by atoms with van der Waals surface area (Å²) < 4.78 is 0. The molecule has 0 aliphatic heterocycles. The summed E-state index contributed by atoms with van der Waals surface area (Å²) in [5, 5.41) is 8.75. The third-order valence-electron chi connectivity index (χ3n) is 2.06. The van der Waals surface area contributed by atoms with E-state index in [-0.39, 0.29) is 6.61 Å². The molecule has 1 aromatic carbocycles. The Balaban J connectivity index is 2.25. The number of benzene rings is 1. The minimum Gasteiger partial charge on any atom is -0.396 e. The van der Waals surface area contributed by atoms with Crippen LogP contribution in [0.1, 0.15) is 5.69 Å². The van der Waals surface area contributed by atoms with Gasteiger partial charge in [-0.15, -0.1) is 0 Å². The maximum Gasteiger partial charge on any atom is 0.137 e. The first kappa shape index (κ1) is 8.97. The Morgan fingerprint density at radius 2 is 2.00 bits per heavy atom. The number of aromatic amines is 1. The fraction of sp³-hybridized carbons (Fsp3) is 0.182. The molecule has 0 spiro atoms. The van der Waals surface area contributed by atoms with Crippen LogP contribution in [-0.4, -0.2) is 21.7 Å². The molecule has 0 saturated heterocycles. The van der Waals surface area contributed by atoms with E-state index in [1.807, 2.05) is 30.3 Å². The largest absolute Gasteiger partial charge is 0.396 e. The molecule has 72 valence electrons. The van der Waals surface area contributed by atoms with Gasteiger partial charge in [0.1, 0.15) is 5.82 Å². The van der Waals surface area contributed by atoms with Crippen molar-refractivity contribution in [1.82, 2.24) is 9.97 Å². The van der Waals surface area contributed by atoms with Gasteiger partial charge in [-0.05, 0) is 0 Å². The summed E-state index contributed by atoms with van der Waals surface area (Å²) >= 11 is 0. The maximum absolute atomic E-state index is 8.75. The highest BCUT2D eigenvalue weighted by Gasteiger charge is 2.01. The quantitative estimate of drug-likeness (QED) is 0.768. The van der Waals surface area contributed by atoms with Crippen LogP contribution in [0.2, 0.25) is 0 Å². The van der Waals surface area contributed by atoms with Crippen molar-refractivity contribution in [2.45, 2.75) is 6.42 Å². The van der Waals surface area contributed by atoms with Crippen LogP contribution in [0.3, 0.4) is 0 Å². The second-order valence-corrected chi connectivity index (χ2v) is 3.10. The number of nitrogens with zero attached hydrogens (tertiary/aromatic N) is 1. The van der Waals surface area contributed by atoms with E-state index in [1.165, 1.54) is 0 Å². The van der Waals surface area contributed by atoms with Crippen LogP contribution in [0.4, 0.5) is 0 Å². The lowest BCUT2D eigenvalue weighted by molar-refractivity contribution is 0.298. The number of imidazole rings is 1. The average Bonchev–Trinajstić information content (AvgIpc) is 2.68. The number of aliphatic hydroxyl groups excluding tert-OH is 1. The van der Waals surface area contributed by atoms with Gasteiger partial charge in [0.2, 0.25) is 0 Å². The van der Waals surface area contributed by atoms with Crippen molar-refractivity contribution in [2.75, 3.05) is 6.61 Å². The minimum atomic E-state index is 0.149. The predicted molar refractivity (Wildman–Crippen MR) is 54.8 cm³/mol. The molecule has 2 rings (SSSR count). The second kappa shape index (κ2) is 4.07. The van der Waals surface area contributed by atoms with Crippen molar-refractivity contribution < 1.29 is 5.11 Å². The third-order valence-corrected chi connectivity index (χ3v) is 2.06. The van der Waals surface area contributed by atoms with Crippen LogP contribution in [0.25, 0.3) is 11.4 Å². The molecule has 1 aromatic heterocycles. The van der Waals surface area contributed by atoms with Crippen LogP contribution >= 0.6 is 0 Å². The first-order valence-corrected chi connectivity index (χ1v) is 4.60. The lowest BCUT2D eigenvalue weighted by Gasteiger charge is -1.95. The molecule has 3 heteroatoms. The van der Waals surface area contributed by atoms with Crippen molar-refractivity contribution in [2.24, 2.45) is 0 Å². The Kier molecular flexibility index (Phi) is 2.60. The minimum absolute atomic E-state index is 0.149. The average molecular weight is 188 g/mol. The Morgan fingerprint density at radius 3 is 2.71 bits per heavy atom. The Hall–Kier alpha value is -1.61. The maximum atomic E-state index is 8.75. The molecular weight excluding hydrogens is 176 g/mol. The van der Waals surface area contributed by atoms with Gasteiger partial charge in [0.15, 0.2) is 0 Å². The van der Waals surface area contributed by atoms with E-state index in [0.29, 0.717) is 6.42 Å². The number of aromatic nitrogens is 2. The SMILES string of the molecule is OCCc1cnc(-c2ccccc2)[nH]1. The normalized spacial score (nSPS) is 10.4. The molecule has 0 unspecified atom stereocenters. The van der Waals surface area contributed by atoms with Gasteiger partial charge >= 0.3 is 0 Å². The summed E-state index contributed by atoms with van der Waals surface area (Å²) in [5.74, 6) is 0.856. The lowest BCUT2D eigenvalue weighted by Crippen LogP contribution is -1.89. The van der Waals surface area contributed by atoms with Crippen LogP contribution < -0.4 is 0 Å². The standard InChI is InChI=1S/C11H12N2O/c14-7-6-10-8-12-11(13-10)9-4-2-1-3-5-9/h1-5,8,14H,6-7H2,(H,12,13). The van der Waals surface area contributed by atoms with E-state index in [9.17, 15) is 0 Å². The van der Waals surface area contributed by atoms with Crippen LogP contribution in [0.15, 0.2) is 36.5 Å². The van der Waals surface area contributed by atoms with Gasteiger partial charge in [-0.1, -0.05) is 30.3 Å². The molecule has 3 nitrogen and oxygen atoms in total. The molecule has 2 aromatic rings. The van der Waals surface area contributed by atoms with Crippen molar-refractivity contribution in [3.63, 3.8) is 0 Å². The van der Waals surface area contributed by atoms with Crippen LogP contribution in [-0.2, 0) is 6.42 Å². The molecule has 0 aliphatic rings. The van der Waals surface area contributed by atoms with Crippen LogP contribution in [0.5, 0.6) is 0 Å². The van der Waals surface area contributed by atoms with Crippen molar-refractivity contribution >= 4 is 0 Å². The predicted octanol–water partition coefficient (Wildman–Crippen LogP) is 1.61. The Bertz CT molecular complexity index is 395. The van der Waals surface area contributed by atoms with Gasteiger partial charge in [-0.2, -0.15) is 0 Å². The highest BCUT2D eigenvalue weighted by Crippen LogP contribution is 2.14. The van der Waals surface area contributed by atoms with Crippen molar-refractivity contribution in [1.29, 1.82) is 0 Å². The van der Waals surface area contributed by atoms with Gasteiger partial charge in [0.25, 0.3) is 0 Å². The first-order valence-electron chi connectivity index (χ1n) is 4.60. The van der Waals surface area contributed by atoms with E-state index < -0.39 is 0 Å². The summed E-state index contributed by atoms with van der Waals surface area (Å²) in [5.41, 5.74) is 2.03. The molecule has 0 amide bonds. The number of H-pyrrole nitrogens is 1. The van der Waals surface area contributed by atoms with Crippen molar-refractivity contribution in [3.8, 4) is 11.4 Å².